The Morgan fingerprint density at radius 3 is 2.84 bits per heavy atom. The van der Waals surface area contributed by atoms with Crippen molar-refractivity contribution >= 4 is 35.0 Å². The van der Waals surface area contributed by atoms with Crippen molar-refractivity contribution in [1.29, 1.82) is 0 Å². The Morgan fingerprint density at radius 2 is 2.16 bits per heavy atom. The summed E-state index contributed by atoms with van der Waals surface area (Å²) < 4.78 is 1.68. The van der Waals surface area contributed by atoms with Gasteiger partial charge in [-0.25, -0.2) is 9.67 Å². The lowest BCUT2D eigenvalue weighted by Crippen LogP contribution is -2.11. The molecule has 0 saturated heterocycles. The Balaban J connectivity index is 2.08. The van der Waals surface area contributed by atoms with Gasteiger partial charge >= 0.3 is 11.9 Å². The van der Waals surface area contributed by atoms with Crippen LogP contribution in [0, 0.1) is 0 Å². The summed E-state index contributed by atoms with van der Waals surface area (Å²) in [7, 11) is 0. The van der Waals surface area contributed by atoms with Gasteiger partial charge in [-0.2, -0.15) is 0 Å². The van der Waals surface area contributed by atoms with Gasteiger partial charge in [0, 0.05) is 5.38 Å². The summed E-state index contributed by atoms with van der Waals surface area (Å²) in [6, 6.07) is 0. The molecule has 9 nitrogen and oxygen atoms in total. The summed E-state index contributed by atoms with van der Waals surface area (Å²) in [5, 5.41) is 29.8. The topological polar surface area (TPSA) is 131 Å². The Hall–Kier alpha value is -2.01. The van der Waals surface area contributed by atoms with E-state index in [1.807, 2.05) is 0 Å². The summed E-state index contributed by atoms with van der Waals surface area (Å²) in [5.74, 6) is -2.02. The fourth-order valence-corrected chi connectivity index (χ4v) is 2.85. The van der Waals surface area contributed by atoms with Gasteiger partial charge in [-0.3, -0.25) is 9.59 Å². The standard InChI is InChI=1S/C8H7N5O4S2/c14-5(15)1-4-3-18-8(9-4)19-7-10-11-12-13(7)2-6(16)17/h3H,1-2H2,(H,14,15)(H,16,17). The van der Waals surface area contributed by atoms with Gasteiger partial charge in [-0.15, -0.1) is 16.4 Å². The predicted molar refractivity (Wildman–Crippen MR) is 63.0 cm³/mol. The van der Waals surface area contributed by atoms with Crippen molar-refractivity contribution in [1.82, 2.24) is 25.2 Å². The molecule has 0 fully saturated rings. The van der Waals surface area contributed by atoms with E-state index in [2.05, 4.69) is 20.5 Å². The molecule has 0 aliphatic carbocycles. The summed E-state index contributed by atoms with van der Waals surface area (Å²) in [4.78, 5) is 25.2. The van der Waals surface area contributed by atoms with E-state index < -0.39 is 11.9 Å². The highest BCUT2D eigenvalue weighted by atomic mass is 32.2. The Morgan fingerprint density at radius 1 is 1.37 bits per heavy atom. The molecule has 0 atom stereocenters. The van der Waals surface area contributed by atoms with E-state index in [1.54, 1.807) is 5.38 Å². The lowest BCUT2D eigenvalue weighted by molar-refractivity contribution is -0.138. The number of carboxylic acids is 2. The van der Waals surface area contributed by atoms with E-state index in [0.29, 0.717) is 15.2 Å². The minimum absolute atomic E-state index is 0.156. The molecule has 0 aromatic carbocycles. The van der Waals surface area contributed by atoms with Crippen LogP contribution in [-0.2, 0) is 22.6 Å². The van der Waals surface area contributed by atoms with Crippen LogP contribution >= 0.6 is 23.1 Å². The number of tetrazole rings is 1. The molecule has 0 radical (unpaired) electrons. The predicted octanol–water partition coefficient (Wildman–Crippen LogP) is -0.00750. The maximum atomic E-state index is 10.6. The maximum absolute atomic E-state index is 10.6. The first kappa shape index (κ1) is 13.4. The quantitative estimate of drug-likeness (QED) is 0.756. The van der Waals surface area contributed by atoms with E-state index in [4.69, 9.17) is 10.2 Å². The zero-order valence-electron chi connectivity index (χ0n) is 9.26. The molecule has 2 heterocycles. The highest BCUT2D eigenvalue weighted by Crippen LogP contribution is 2.28. The van der Waals surface area contributed by atoms with Crippen molar-refractivity contribution in [3.05, 3.63) is 11.1 Å². The molecule has 2 aromatic heterocycles. The zero-order chi connectivity index (χ0) is 13.8. The van der Waals surface area contributed by atoms with E-state index in [0.717, 1.165) is 16.4 Å². The largest absolute Gasteiger partial charge is 0.481 e. The number of hydrogen-bond donors (Lipinski definition) is 2. The number of carboxylic acid groups (broad SMARTS) is 2. The van der Waals surface area contributed by atoms with E-state index in [-0.39, 0.29) is 13.0 Å². The molecule has 0 spiro atoms. The van der Waals surface area contributed by atoms with Gasteiger partial charge in [-0.05, 0) is 22.2 Å². The summed E-state index contributed by atoms with van der Waals surface area (Å²) in [5.41, 5.74) is 0.442. The maximum Gasteiger partial charge on any atom is 0.325 e. The SMILES string of the molecule is O=C(O)Cc1csc(Sc2nnnn2CC(=O)O)n1. The van der Waals surface area contributed by atoms with Gasteiger partial charge in [0.25, 0.3) is 0 Å². The third-order valence-corrected chi connectivity index (χ3v) is 3.79. The lowest BCUT2D eigenvalue weighted by Gasteiger charge is -1.97. The van der Waals surface area contributed by atoms with Gasteiger partial charge < -0.3 is 10.2 Å². The molecule has 100 valence electrons. The highest BCUT2D eigenvalue weighted by Gasteiger charge is 2.14. The molecule has 2 aromatic rings. The van der Waals surface area contributed by atoms with Crippen LogP contribution in [-0.4, -0.2) is 47.3 Å². The lowest BCUT2D eigenvalue weighted by atomic mass is 10.3. The first-order chi connectivity index (χ1) is 9.04. The number of rotatable bonds is 6. The molecule has 0 unspecified atom stereocenters. The summed E-state index contributed by atoms with van der Waals surface area (Å²) in [6.07, 6.45) is -0.156. The third kappa shape index (κ3) is 3.72. The Kier molecular flexibility index (Phi) is 4.06. The van der Waals surface area contributed by atoms with E-state index in [1.165, 1.54) is 11.3 Å². The number of aromatic nitrogens is 5. The first-order valence-corrected chi connectivity index (χ1v) is 6.56. The second-order valence-corrected chi connectivity index (χ2v) is 5.36. The molecular formula is C8H7N5O4S2. The van der Waals surface area contributed by atoms with E-state index >= 15 is 0 Å². The van der Waals surface area contributed by atoms with Crippen molar-refractivity contribution in [2.75, 3.05) is 0 Å². The second kappa shape index (κ2) is 5.75. The summed E-state index contributed by atoms with van der Waals surface area (Å²) in [6.45, 7) is -0.345. The number of nitrogens with zero attached hydrogens (tertiary/aromatic N) is 5. The van der Waals surface area contributed by atoms with Crippen LogP contribution in [0.2, 0.25) is 0 Å². The van der Waals surface area contributed by atoms with E-state index in [9.17, 15) is 9.59 Å². The average molecular weight is 301 g/mol. The van der Waals surface area contributed by atoms with Crippen molar-refractivity contribution in [3.8, 4) is 0 Å². The van der Waals surface area contributed by atoms with Gasteiger partial charge in [0.2, 0.25) is 5.16 Å². The minimum atomic E-state index is -1.06. The fourth-order valence-electron chi connectivity index (χ4n) is 1.15. The van der Waals surface area contributed by atoms with Crippen LogP contribution in [0.5, 0.6) is 0 Å². The van der Waals surface area contributed by atoms with Gasteiger partial charge in [-0.1, -0.05) is 0 Å². The molecule has 2 rings (SSSR count). The van der Waals surface area contributed by atoms with Crippen LogP contribution in [0.4, 0.5) is 0 Å². The van der Waals surface area contributed by atoms with Crippen LogP contribution < -0.4 is 0 Å². The number of carbonyl (C=O) groups is 2. The van der Waals surface area contributed by atoms with Crippen molar-refractivity contribution in [2.45, 2.75) is 22.5 Å². The Labute approximate surface area is 114 Å². The number of thiazole rings is 1. The third-order valence-electron chi connectivity index (χ3n) is 1.83. The molecule has 0 saturated carbocycles. The average Bonchev–Trinajstić information content (AvgIpc) is 2.89. The van der Waals surface area contributed by atoms with Crippen LogP contribution in [0.15, 0.2) is 14.9 Å². The molecule has 0 aliphatic rings. The molecule has 19 heavy (non-hydrogen) atoms. The number of aliphatic carboxylic acids is 2. The number of hydrogen-bond acceptors (Lipinski definition) is 8. The molecule has 2 N–H and O–H groups in total. The molecular weight excluding hydrogens is 294 g/mol. The van der Waals surface area contributed by atoms with Crippen molar-refractivity contribution in [3.63, 3.8) is 0 Å². The van der Waals surface area contributed by atoms with Crippen molar-refractivity contribution < 1.29 is 19.8 Å². The Bertz CT molecular complexity index is 610. The van der Waals surface area contributed by atoms with Crippen molar-refractivity contribution in [2.24, 2.45) is 0 Å². The van der Waals surface area contributed by atoms with Crippen LogP contribution in [0.25, 0.3) is 0 Å². The van der Waals surface area contributed by atoms with Gasteiger partial charge in [0.15, 0.2) is 4.34 Å². The fraction of sp³-hybridized carbons (Fsp3) is 0.250. The molecule has 0 amide bonds. The highest BCUT2D eigenvalue weighted by molar-refractivity contribution is 8.00. The van der Waals surface area contributed by atoms with Crippen LogP contribution in [0.3, 0.4) is 0 Å². The molecule has 0 bridgehead atoms. The normalized spacial score (nSPS) is 10.5. The summed E-state index contributed by atoms with van der Waals surface area (Å²) >= 11 is 2.34. The van der Waals surface area contributed by atoms with Crippen LogP contribution in [0.1, 0.15) is 5.69 Å². The second-order valence-electron chi connectivity index (χ2n) is 3.29. The zero-order valence-corrected chi connectivity index (χ0v) is 10.9. The van der Waals surface area contributed by atoms with Gasteiger partial charge in [0.05, 0.1) is 12.1 Å². The first-order valence-electron chi connectivity index (χ1n) is 4.86. The molecule has 11 heteroatoms. The van der Waals surface area contributed by atoms with Gasteiger partial charge in [0.1, 0.15) is 6.54 Å². The monoisotopic (exact) mass is 301 g/mol. The minimum Gasteiger partial charge on any atom is -0.481 e. The smallest absolute Gasteiger partial charge is 0.325 e. The molecule has 0 aliphatic heterocycles.